The normalized spacial score (nSPS) is 36.9. The van der Waals surface area contributed by atoms with Crippen LogP contribution in [0.4, 0.5) is 0 Å². The highest BCUT2D eigenvalue weighted by Gasteiger charge is 2.70. The van der Waals surface area contributed by atoms with Gasteiger partial charge in [-0.3, -0.25) is 0 Å². The van der Waals surface area contributed by atoms with Crippen LogP contribution in [0.2, 0.25) is 0 Å². The predicted molar refractivity (Wildman–Crippen MR) is 67.8 cm³/mol. The average molecular weight is 272 g/mol. The van der Waals surface area contributed by atoms with Crippen molar-refractivity contribution in [2.75, 3.05) is 33.0 Å². The minimum atomic E-state index is -0.928. The van der Waals surface area contributed by atoms with Crippen LogP contribution in [0.5, 0.6) is 0 Å². The number of ether oxygens (including phenoxy) is 5. The van der Waals surface area contributed by atoms with Crippen molar-refractivity contribution < 1.29 is 23.7 Å². The molecule has 5 heteroatoms. The zero-order chi connectivity index (χ0) is 13.4. The van der Waals surface area contributed by atoms with Gasteiger partial charge in [0.2, 0.25) is 5.79 Å². The Kier molecular flexibility index (Phi) is 3.60. The second kappa shape index (κ2) is 4.97. The van der Waals surface area contributed by atoms with Crippen molar-refractivity contribution in [1.29, 1.82) is 0 Å². The molecule has 2 spiro atoms. The molecule has 3 rings (SSSR count). The predicted octanol–water partition coefficient (Wildman–Crippen LogP) is 1.84. The maximum atomic E-state index is 6.15. The molecule has 0 aromatic heterocycles. The van der Waals surface area contributed by atoms with Crippen LogP contribution in [-0.4, -0.2) is 50.2 Å². The lowest BCUT2D eigenvalue weighted by Crippen LogP contribution is -2.67. The lowest BCUT2D eigenvalue weighted by atomic mass is 9.83. The number of hydrogen-bond acceptors (Lipinski definition) is 5. The van der Waals surface area contributed by atoms with Gasteiger partial charge in [-0.05, 0) is 19.8 Å². The van der Waals surface area contributed by atoms with Crippen LogP contribution >= 0.6 is 0 Å². The first-order chi connectivity index (χ1) is 9.18. The first-order valence-corrected chi connectivity index (χ1v) is 7.38. The third-order valence-corrected chi connectivity index (χ3v) is 4.44. The van der Waals surface area contributed by atoms with Gasteiger partial charge in [-0.15, -0.1) is 0 Å². The zero-order valence-corrected chi connectivity index (χ0v) is 11.9. The second-order valence-corrected chi connectivity index (χ2v) is 5.70. The summed E-state index contributed by atoms with van der Waals surface area (Å²) >= 11 is 0. The first kappa shape index (κ1) is 13.8. The number of hydrogen-bond donors (Lipinski definition) is 0. The average Bonchev–Trinajstić information content (AvgIpc) is 3.03. The van der Waals surface area contributed by atoms with Crippen molar-refractivity contribution in [3.63, 3.8) is 0 Å². The van der Waals surface area contributed by atoms with E-state index in [2.05, 4.69) is 13.8 Å². The molecule has 0 aromatic rings. The van der Waals surface area contributed by atoms with E-state index in [0.29, 0.717) is 33.0 Å². The maximum Gasteiger partial charge on any atom is 0.253 e. The van der Waals surface area contributed by atoms with Crippen molar-refractivity contribution in [2.45, 2.75) is 56.7 Å². The van der Waals surface area contributed by atoms with Gasteiger partial charge in [0.15, 0.2) is 0 Å². The highest BCUT2D eigenvalue weighted by atomic mass is 16.8. The Hall–Kier alpha value is -0.200. The monoisotopic (exact) mass is 272 g/mol. The van der Waals surface area contributed by atoms with E-state index in [-0.39, 0.29) is 0 Å². The standard InChI is InChI=1S/C14H24O5/c1-3-5-12(2)14(18-10-11-19-14)13(6-4-7-15-12)16-8-9-17-13/h3-11H2,1-2H3. The molecule has 0 saturated carbocycles. The van der Waals surface area contributed by atoms with Gasteiger partial charge in [0, 0.05) is 13.0 Å². The molecule has 3 saturated heterocycles. The lowest BCUT2D eigenvalue weighted by molar-refractivity contribution is -0.396. The van der Waals surface area contributed by atoms with Gasteiger partial charge in [0.05, 0.1) is 26.4 Å². The fraction of sp³-hybridized carbons (Fsp3) is 1.00. The minimum absolute atomic E-state index is 0.529. The molecule has 0 N–H and O–H groups in total. The third kappa shape index (κ3) is 1.87. The fourth-order valence-electron chi connectivity index (χ4n) is 3.71. The molecule has 0 aromatic carbocycles. The van der Waals surface area contributed by atoms with E-state index in [1.54, 1.807) is 0 Å². The van der Waals surface area contributed by atoms with E-state index in [4.69, 9.17) is 23.7 Å². The molecule has 1 atom stereocenters. The maximum absolute atomic E-state index is 6.15. The zero-order valence-electron chi connectivity index (χ0n) is 11.9. The Balaban J connectivity index is 2.03. The molecular weight excluding hydrogens is 248 g/mol. The molecule has 0 amide bonds. The van der Waals surface area contributed by atoms with Crippen molar-refractivity contribution in [3.8, 4) is 0 Å². The van der Waals surface area contributed by atoms with Gasteiger partial charge in [-0.2, -0.15) is 0 Å². The van der Waals surface area contributed by atoms with Gasteiger partial charge in [0.1, 0.15) is 5.60 Å². The molecule has 0 aliphatic carbocycles. The van der Waals surface area contributed by atoms with Crippen LogP contribution in [0.25, 0.3) is 0 Å². The van der Waals surface area contributed by atoms with E-state index >= 15 is 0 Å². The Morgan fingerprint density at radius 2 is 1.47 bits per heavy atom. The van der Waals surface area contributed by atoms with Gasteiger partial charge in [-0.1, -0.05) is 13.3 Å². The molecule has 1 unspecified atom stereocenters. The van der Waals surface area contributed by atoms with Gasteiger partial charge < -0.3 is 23.7 Å². The van der Waals surface area contributed by atoms with Crippen LogP contribution < -0.4 is 0 Å². The molecule has 0 radical (unpaired) electrons. The van der Waals surface area contributed by atoms with Crippen molar-refractivity contribution >= 4 is 0 Å². The van der Waals surface area contributed by atoms with E-state index < -0.39 is 17.2 Å². The Morgan fingerprint density at radius 1 is 0.842 bits per heavy atom. The summed E-state index contributed by atoms with van der Waals surface area (Å²) in [5.41, 5.74) is -0.529. The molecule has 110 valence electrons. The summed E-state index contributed by atoms with van der Waals surface area (Å²) in [5, 5.41) is 0. The van der Waals surface area contributed by atoms with Crippen molar-refractivity contribution in [3.05, 3.63) is 0 Å². The van der Waals surface area contributed by atoms with Crippen molar-refractivity contribution in [2.24, 2.45) is 0 Å². The van der Waals surface area contributed by atoms with E-state index in [0.717, 1.165) is 25.7 Å². The van der Waals surface area contributed by atoms with E-state index in [1.807, 2.05) is 0 Å². The Bertz CT molecular complexity index is 320. The minimum Gasteiger partial charge on any atom is -0.369 e. The summed E-state index contributed by atoms with van der Waals surface area (Å²) in [4.78, 5) is 0. The smallest absolute Gasteiger partial charge is 0.253 e. The molecule has 3 heterocycles. The number of fused-ring (bicyclic) bond motifs is 1. The van der Waals surface area contributed by atoms with E-state index in [9.17, 15) is 0 Å². The van der Waals surface area contributed by atoms with Crippen LogP contribution in [0, 0.1) is 0 Å². The van der Waals surface area contributed by atoms with Crippen LogP contribution in [-0.2, 0) is 23.7 Å². The van der Waals surface area contributed by atoms with Crippen LogP contribution in [0.15, 0.2) is 0 Å². The molecule has 5 nitrogen and oxygen atoms in total. The molecule has 19 heavy (non-hydrogen) atoms. The van der Waals surface area contributed by atoms with Crippen LogP contribution in [0.3, 0.4) is 0 Å². The first-order valence-electron chi connectivity index (χ1n) is 7.38. The van der Waals surface area contributed by atoms with Gasteiger partial charge in [0.25, 0.3) is 5.79 Å². The lowest BCUT2D eigenvalue weighted by Gasteiger charge is -2.50. The van der Waals surface area contributed by atoms with Gasteiger partial charge >= 0.3 is 0 Å². The van der Waals surface area contributed by atoms with E-state index in [1.165, 1.54) is 0 Å². The fourth-order valence-corrected chi connectivity index (χ4v) is 3.71. The molecule has 3 aliphatic heterocycles. The number of rotatable bonds is 2. The molecule has 0 bridgehead atoms. The third-order valence-electron chi connectivity index (χ3n) is 4.44. The summed E-state index contributed by atoms with van der Waals surface area (Å²) in [6, 6.07) is 0. The largest absolute Gasteiger partial charge is 0.369 e. The highest BCUT2D eigenvalue weighted by molar-refractivity contribution is 5.07. The summed E-state index contributed by atoms with van der Waals surface area (Å²) < 4.78 is 30.3. The molecule has 3 fully saturated rings. The second-order valence-electron chi connectivity index (χ2n) is 5.70. The molecule has 3 aliphatic rings. The highest BCUT2D eigenvalue weighted by Crippen LogP contribution is 2.52. The Morgan fingerprint density at radius 3 is 2.11 bits per heavy atom. The SMILES string of the molecule is CCCC1(C)OCCCC2(OCCO2)C12OCCO2. The van der Waals surface area contributed by atoms with Gasteiger partial charge in [-0.25, -0.2) is 0 Å². The van der Waals surface area contributed by atoms with Crippen molar-refractivity contribution in [1.82, 2.24) is 0 Å². The quantitative estimate of drug-likeness (QED) is 0.767. The Labute approximate surface area is 114 Å². The summed E-state index contributed by atoms with van der Waals surface area (Å²) in [5.74, 6) is -1.73. The summed E-state index contributed by atoms with van der Waals surface area (Å²) in [6.07, 6.45) is 3.52. The topological polar surface area (TPSA) is 46.2 Å². The molecular formula is C14H24O5. The van der Waals surface area contributed by atoms with Crippen LogP contribution in [0.1, 0.15) is 39.5 Å². The summed E-state index contributed by atoms with van der Waals surface area (Å²) in [7, 11) is 0. The summed E-state index contributed by atoms with van der Waals surface area (Å²) in [6.45, 7) is 7.23.